The molecular formula is C13H17N3O. The smallest absolute Gasteiger partial charge is 0.130 e. The molecule has 1 aliphatic rings. The summed E-state index contributed by atoms with van der Waals surface area (Å²) in [5.41, 5.74) is 1.47. The lowest BCUT2D eigenvalue weighted by atomic mass is 9.96. The fourth-order valence-electron chi connectivity index (χ4n) is 2.13. The van der Waals surface area contributed by atoms with E-state index in [1.807, 2.05) is 6.92 Å². The number of aliphatic hydroxyl groups excluding tert-OH is 1. The molecule has 0 aliphatic carbocycles. The van der Waals surface area contributed by atoms with E-state index in [2.05, 4.69) is 22.9 Å². The monoisotopic (exact) mass is 231 g/mol. The van der Waals surface area contributed by atoms with Crippen LogP contribution in [0.4, 0.5) is 5.82 Å². The molecule has 1 saturated heterocycles. The van der Waals surface area contributed by atoms with Crippen molar-refractivity contribution in [3.05, 3.63) is 23.4 Å². The summed E-state index contributed by atoms with van der Waals surface area (Å²) in [6.07, 6.45) is 0.648. The summed E-state index contributed by atoms with van der Waals surface area (Å²) in [5, 5.41) is 18.8. The first-order valence-electron chi connectivity index (χ1n) is 5.92. The van der Waals surface area contributed by atoms with Gasteiger partial charge in [-0.1, -0.05) is 6.92 Å². The van der Waals surface area contributed by atoms with Gasteiger partial charge in [0.05, 0.1) is 17.7 Å². The molecule has 1 aliphatic heterocycles. The fraction of sp³-hybridized carbons (Fsp3) is 0.538. The number of pyridine rings is 1. The van der Waals surface area contributed by atoms with Crippen molar-refractivity contribution in [1.29, 1.82) is 5.26 Å². The van der Waals surface area contributed by atoms with Crippen LogP contribution in [0.5, 0.6) is 0 Å². The van der Waals surface area contributed by atoms with Gasteiger partial charge < -0.3 is 10.0 Å². The van der Waals surface area contributed by atoms with Crippen LogP contribution in [0.25, 0.3) is 0 Å². The predicted octanol–water partition coefficient (Wildman–Crippen LogP) is 1.47. The fourth-order valence-corrected chi connectivity index (χ4v) is 2.13. The number of nitriles is 1. The molecule has 0 spiro atoms. The van der Waals surface area contributed by atoms with Gasteiger partial charge in [0.2, 0.25) is 0 Å². The van der Waals surface area contributed by atoms with Crippen molar-refractivity contribution < 1.29 is 5.11 Å². The molecule has 2 unspecified atom stereocenters. The van der Waals surface area contributed by atoms with Crippen LogP contribution >= 0.6 is 0 Å². The van der Waals surface area contributed by atoms with Gasteiger partial charge in [-0.2, -0.15) is 5.26 Å². The molecule has 0 bridgehead atoms. The van der Waals surface area contributed by atoms with Crippen molar-refractivity contribution in [3.8, 4) is 6.07 Å². The number of aryl methyl sites for hydroxylation is 1. The Morgan fingerprint density at radius 2 is 2.29 bits per heavy atom. The molecule has 4 nitrogen and oxygen atoms in total. The third-order valence-corrected chi connectivity index (χ3v) is 3.31. The third kappa shape index (κ3) is 2.56. The summed E-state index contributed by atoms with van der Waals surface area (Å²) in [6.45, 7) is 5.43. The van der Waals surface area contributed by atoms with Crippen molar-refractivity contribution in [3.63, 3.8) is 0 Å². The number of piperidine rings is 1. The van der Waals surface area contributed by atoms with Gasteiger partial charge in [-0.15, -0.1) is 0 Å². The van der Waals surface area contributed by atoms with E-state index in [0.29, 0.717) is 18.0 Å². The number of aromatic nitrogens is 1. The maximum Gasteiger partial charge on any atom is 0.130 e. The number of aliphatic hydroxyl groups is 1. The standard InChI is InChI=1S/C13H17N3O/c1-9-3-4-16(8-12(9)17)13-6-11(7-14)5-10(2)15-13/h5-6,9,12,17H,3-4,8H2,1-2H3. The van der Waals surface area contributed by atoms with Gasteiger partial charge in [0, 0.05) is 18.8 Å². The van der Waals surface area contributed by atoms with Crippen LogP contribution in [0.3, 0.4) is 0 Å². The average Bonchev–Trinajstić information content (AvgIpc) is 2.32. The largest absolute Gasteiger partial charge is 0.391 e. The average molecular weight is 231 g/mol. The Labute approximate surface area is 102 Å². The number of hydrogen-bond acceptors (Lipinski definition) is 4. The summed E-state index contributed by atoms with van der Waals surface area (Å²) in [7, 11) is 0. The van der Waals surface area contributed by atoms with Crippen LogP contribution < -0.4 is 4.90 Å². The van der Waals surface area contributed by atoms with Gasteiger partial charge in [0.25, 0.3) is 0 Å². The normalized spacial score (nSPS) is 24.5. The van der Waals surface area contributed by atoms with Crippen LogP contribution in [0.15, 0.2) is 12.1 Å². The molecule has 1 aromatic rings. The second-order valence-corrected chi connectivity index (χ2v) is 4.75. The first kappa shape index (κ1) is 11.9. The number of rotatable bonds is 1. The van der Waals surface area contributed by atoms with E-state index in [0.717, 1.165) is 24.5 Å². The van der Waals surface area contributed by atoms with Gasteiger partial charge in [-0.05, 0) is 31.4 Å². The predicted molar refractivity (Wildman–Crippen MR) is 65.7 cm³/mol. The highest BCUT2D eigenvalue weighted by atomic mass is 16.3. The van der Waals surface area contributed by atoms with Crippen molar-refractivity contribution in [1.82, 2.24) is 4.98 Å². The molecule has 0 saturated carbocycles. The van der Waals surface area contributed by atoms with Crippen molar-refractivity contribution in [2.75, 3.05) is 18.0 Å². The maximum atomic E-state index is 9.87. The highest BCUT2D eigenvalue weighted by Crippen LogP contribution is 2.22. The minimum Gasteiger partial charge on any atom is -0.391 e. The molecular weight excluding hydrogens is 214 g/mol. The Bertz CT molecular complexity index is 452. The van der Waals surface area contributed by atoms with Gasteiger partial charge in [-0.25, -0.2) is 4.98 Å². The molecule has 2 heterocycles. The SMILES string of the molecule is Cc1cc(C#N)cc(N2CCC(C)C(O)C2)n1. The Kier molecular flexibility index (Phi) is 3.30. The number of anilines is 1. The summed E-state index contributed by atoms with van der Waals surface area (Å²) in [5.74, 6) is 1.14. The summed E-state index contributed by atoms with van der Waals surface area (Å²) < 4.78 is 0. The Hall–Kier alpha value is -1.60. The van der Waals surface area contributed by atoms with Gasteiger partial charge in [0.15, 0.2) is 0 Å². The molecule has 1 aromatic heterocycles. The summed E-state index contributed by atoms with van der Waals surface area (Å²) in [6, 6.07) is 5.70. The molecule has 1 fully saturated rings. The first-order valence-corrected chi connectivity index (χ1v) is 5.92. The second-order valence-electron chi connectivity index (χ2n) is 4.75. The van der Waals surface area contributed by atoms with E-state index in [-0.39, 0.29) is 6.10 Å². The Morgan fingerprint density at radius 3 is 2.94 bits per heavy atom. The van der Waals surface area contributed by atoms with Crippen LogP contribution in [0.2, 0.25) is 0 Å². The van der Waals surface area contributed by atoms with Gasteiger partial charge >= 0.3 is 0 Å². The summed E-state index contributed by atoms with van der Waals surface area (Å²) in [4.78, 5) is 6.48. The maximum absolute atomic E-state index is 9.87. The number of β-amino-alcohol motifs (C(OH)–C–C–N with tert-alkyl or cyclic N) is 1. The summed E-state index contributed by atoms with van der Waals surface area (Å²) >= 11 is 0. The molecule has 0 amide bonds. The minimum atomic E-state index is -0.309. The van der Waals surface area contributed by atoms with E-state index < -0.39 is 0 Å². The van der Waals surface area contributed by atoms with E-state index in [9.17, 15) is 5.11 Å². The minimum absolute atomic E-state index is 0.309. The number of nitrogens with zero attached hydrogens (tertiary/aromatic N) is 3. The van der Waals surface area contributed by atoms with Crippen molar-refractivity contribution in [2.24, 2.45) is 5.92 Å². The zero-order valence-corrected chi connectivity index (χ0v) is 10.2. The lowest BCUT2D eigenvalue weighted by Crippen LogP contribution is -2.43. The molecule has 4 heteroatoms. The van der Waals surface area contributed by atoms with E-state index in [4.69, 9.17) is 5.26 Å². The zero-order chi connectivity index (χ0) is 12.4. The van der Waals surface area contributed by atoms with E-state index in [1.165, 1.54) is 0 Å². The lowest BCUT2D eigenvalue weighted by molar-refractivity contribution is 0.102. The molecule has 90 valence electrons. The van der Waals surface area contributed by atoms with E-state index >= 15 is 0 Å². The Morgan fingerprint density at radius 1 is 1.53 bits per heavy atom. The highest BCUT2D eigenvalue weighted by Gasteiger charge is 2.25. The third-order valence-electron chi connectivity index (χ3n) is 3.31. The number of hydrogen-bond donors (Lipinski definition) is 1. The van der Waals surface area contributed by atoms with Crippen molar-refractivity contribution in [2.45, 2.75) is 26.4 Å². The lowest BCUT2D eigenvalue weighted by Gasteiger charge is -2.35. The second kappa shape index (κ2) is 4.72. The topological polar surface area (TPSA) is 60.2 Å². The van der Waals surface area contributed by atoms with Gasteiger partial charge in [0.1, 0.15) is 5.82 Å². The highest BCUT2D eigenvalue weighted by molar-refractivity contribution is 5.47. The molecule has 0 aromatic carbocycles. The molecule has 2 rings (SSSR count). The van der Waals surface area contributed by atoms with E-state index in [1.54, 1.807) is 12.1 Å². The zero-order valence-electron chi connectivity index (χ0n) is 10.2. The molecule has 0 radical (unpaired) electrons. The first-order chi connectivity index (χ1) is 8.10. The van der Waals surface area contributed by atoms with Crippen molar-refractivity contribution >= 4 is 5.82 Å². The molecule has 17 heavy (non-hydrogen) atoms. The van der Waals surface area contributed by atoms with Gasteiger partial charge in [-0.3, -0.25) is 0 Å². The molecule has 2 atom stereocenters. The van der Waals surface area contributed by atoms with Crippen LogP contribution in [0.1, 0.15) is 24.6 Å². The van der Waals surface area contributed by atoms with Crippen LogP contribution in [0, 0.1) is 24.2 Å². The van der Waals surface area contributed by atoms with Crippen LogP contribution in [-0.4, -0.2) is 29.3 Å². The Balaban J connectivity index is 2.23. The van der Waals surface area contributed by atoms with Crippen LogP contribution in [-0.2, 0) is 0 Å². The quantitative estimate of drug-likeness (QED) is 0.795. The molecule has 1 N–H and O–H groups in total.